The van der Waals surface area contributed by atoms with Crippen LogP contribution >= 0.6 is 23.2 Å². The van der Waals surface area contributed by atoms with E-state index in [0.717, 1.165) is 69.8 Å². The van der Waals surface area contributed by atoms with Gasteiger partial charge < -0.3 is 39.4 Å². The minimum atomic E-state index is -1.70. The molecule has 6 aromatic carbocycles. The molecule has 0 amide bonds. The van der Waals surface area contributed by atoms with Gasteiger partial charge in [0.15, 0.2) is 0 Å². The molecule has 0 radical (unpaired) electrons. The number of aliphatic hydroxyl groups is 2. The summed E-state index contributed by atoms with van der Waals surface area (Å²) in [6.45, 7) is 4.43. The smallest absolute Gasteiger partial charge is 0.326 e. The summed E-state index contributed by atoms with van der Waals surface area (Å²) < 4.78 is 80.5. The number of halogens is 6. The largest absolute Gasteiger partial charge is 0.488 e. The molecular weight excluding hydrogens is 959 g/mol. The number of hydrogen-bond acceptors (Lipinski definition) is 10. The zero-order valence-corrected chi connectivity index (χ0v) is 39.9. The highest BCUT2D eigenvalue weighted by atomic mass is 35.5. The van der Waals surface area contributed by atoms with Gasteiger partial charge in [0.1, 0.15) is 83.8 Å². The van der Waals surface area contributed by atoms with Crippen LogP contribution in [0, 0.1) is 37.1 Å². The lowest BCUT2D eigenvalue weighted by Gasteiger charge is -2.25. The van der Waals surface area contributed by atoms with Crippen LogP contribution < -0.4 is 29.6 Å². The van der Waals surface area contributed by atoms with E-state index in [9.17, 15) is 47.6 Å². The number of aliphatic carboxylic acids is 2. The number of carbonyl (C=O) groups is 2. The first kappa shape index (κ1) is 53.0. The van der Waals surface area contributed by atoms with E-state index in [-0.39, 0.29) is 83.7 Å². The quantitative estimate of drug-likeness (QED) is 0.0336. The molecule has 370 valence electrons. The minimum Gasteiger partial charge on any atom is -0.488 e. The van der Waals surface area contributed by atoms with Gasteiger partial charge in [0.25, 0.3) is 0 Å². The van der Waals surface area contributed by atoms with Crippen LogP contribution in [0.3, 0.4) is 0 Å². The first-order chi connectivity index (χ1) is 33.2. The number of ether oxygens (including phenoxy) is 4. The standard InChI is InChI=1S/C52H50Cl2F4N2O10/c1-29-33(25-69-47-19-45(67-23-31-11-37(55)17-38(56)12-31)35(15-43(47)53)21-59-51(3,27-61)49(63)64)7-5-9-41(29)42-10-6-8-34(30(42)2)26-70-48-20-46(68-24-32-13-39(57)18-40(58)14-32)36(16-44(48)54)22-60-52(4,28-62)50(65)66/h5-20,59-62H,21-28H2,1-4H3,(H,63,64)(H,65,66)/t51-,52?/m0/s1. The average Bonchev–Trinajstić information content (AvgIpc) is 3.31. The second kappa shape index (κ2) is 23.0. The summed E-state index contributed by atoms with van der Waals surface area (Å²) in [5.74, 6) is -4.97. The van der Waals surface area contributed by atoms with Crippen molar-refractivity contribution >= 4 is 35.1 Å². The number of benzene rings is 6. The third kappa shape index (κ3) is 13.1. The van der Waals surface area contributed by atoms with E-state index in [1.54, 1.807) is 0 Å². The van der Waals surface area contributed by atoms with Gasteiger partial charge in [0.2, 0.25) is 0 Å². The van der Waals surface area contributed by atoms with Crippen molar-refractivity contribution in [1.29, 1.82) is 0 Å². The van der Waals surface area contributed by atoms with Crippen LogP contribution in [0.15, 0.2) is 97.1 Å². The summed E-state index contributed by atoms with van der Waals surface area (Å²) >= 11 is 13.4. The van der Waals surface area contributed by atoms with Crippen LogP contribution in [0.5, 0.6) is 23.0 Å². The zero-order valence-electron chi connectivity index (χ0n) is 38.4. The number of carboxylic acids is 2. The molecule has 0 heterocycles. The van der Waals surface area contributed by atoms with Gasteiger partial charge in [0, 0.05) is 48.5 Å². The van der Waals surface area contributed by atoms with E-state index < -0.39 is 59.5 Å². The van der Waals surface area contributed by atoms with Crippen molar-refractivity contribution in [3.8, 4) is 34.1 Å². The first-order valence-corrected chi connectivity index (χ1v) is 22.4. The second-order valence-corrected chi connectivity index (χ2v) is 17.8. The number of hydrogen-bond donors (Lipinski definition) is 6. The highest BCUT2D eigenvalue weighted by Gasteiger charge is 2.33. The number of rotatable bonds is 23. The van der Waals surface area contributed by atoms with Crippen molar-refractivity contribution in [2.45, 2.75) is 78.3 Å². The number of nitrogens with one attached hydrogen (secondary N) is 2. The van der Waals surface area contributed by atoms with Crippen LogP contribution in [-0.4, -0.2) is 56.7 Å². The molecule has 0 fully saturated rings. The first-order valence-electron chi connectivity index (χ1n) is 21.6. The predicted molar refractivity (Wildman–Crippen MR) is 254 cm³/mol. The Hall–Kier alpha value is -6.40. The molecule has 18 heteroatoms. The van der Waals surface area contributed by atoms with E-state index >= 15 is 0 Å². The van der Waals surface area contributed by atoms with Crippen molar-refractivity contribution in [2.24, 2.45) is 0 Å². The molecule has 0 bridgehead atoms. The van der Waals surface area contributed by atoms with Crippen LogP contribution in [0.4, 0.5) is 17.6 Å². The molecule has 70 heavy (non-hydrogen) atoms. The SMILES string of the molecule is Cc1c(COc2cc(OCc3cc(F)cc(F)c3)c(CNC(C)(CO)C(=O)O)cc2Cl)cccc1-c1cccc(COc2cc(OCc3cc(F)cc(F)c3)c(CN[C@@](C)(CO)C(=O)O)cc2Cl)c1C. The van der Waals surface area contributed by atoms with Gasteiger partial charge in [-0.1, -0.05) is 59.6 Å². The lowest BCUT2D eigenvalue weighted by atomic mass is 9.92. The summed E-state index contributed by atoms with van der Waals surface area (Å²) in [5.41, 5.74) is 2.91. The van der Waals surface area contributed by atoms with Gasteiger partial charge in [-0.05, 0) is 109 Å². The number of aliphatic hydroxyl groups excluding tert-OH is 2. The summed E-state index contributed by atoms with van der Waals surface area (Å²) in [7, 11) is 0. The maximum Gasteiger partial charge on any atom is 0.326 e. The fourth-order valence-corrected chi connectivity index (χ4v) is 7.66. The number of carboxylic acid groups (broad SMARTS) is 2. The van der Waals surface area contributed by atoms with E-state index in [4.69, 9.17) is 42.1 Å². The Kier molecular flexibility index (Phi) is 17.4. The Balaban J connectivity index is 1.22. The molecular formula is C52H50Cl2F4N2O10. The molecule has 2 atom stereocenters. The molecule has 12 nitrogen and oxygen atoms in total. The van der Waals surface area contributed by atoms with Gasteiger partial charge in [-0.3, -0.25) is 20.2 Å². The second-order valence-electron chi connectivity index (χ2n) is 17.0. The van der Waals surface area contributed by atoms with Crippen molar-refractivity contribution in [1.82, 2.24) is 10.6 Å². The van der Waals surface area contributed by atoms with Gasteiger partial charge in [-0.2, -0.15) is 0 Å². The minimum absolute atomic E-state index is 0.0487. The average molecular weight is 1010 g/mol. The molecule has 0 aliphatic heterocycles. The third-order valence-electron chi connectivity index (χ3n) is 11.7. The Morgan fingerprint density at radius 2 is 0.857 bits per heavy atom. The third-order valence-corrected chi connectivity index (χ3v) is 12.3. The van der Waals surface area contributed by atoms with E-state index in [2.05, 4.69) is 10.6 Å². The lowest BCUT2D eigenvalue weighted by molar-refractivity contribution is -0.146. The molecule has 6 N–H and O–H groups in total. The van der Waals surface area contributed by atoms with Gasteiger partial charge in [0.05, 0.1) is 23.3 Å². The van der Waals surface area contributed by atoms with Crippen molar-refractivity contribution in [3.63, 3.8) is 0 Å². The lowest BCUT2D eigenvalue weighted by Crippen LogP contribution is -2.52. The zero-order chi connectivity index (χ0) is 50.9. The molecule has 0 aromatic heterocycles. The van der Waals surface area contributed by atoms with Crippen molar-refractivity contribution in [2.75, 3.05) is 13.2 Å². The molecule has 1 unspecified atom stereocenters. The van der Waals surface area contributed by atoms with E-state index in [0.29, 0.717) is 11.1 Å². The monoisotopic (exact) mass is 1010 g/mol. The van der Waals surface area contributed by atoms with Gasteiger partial charge in [-0.25, -0.2) is 17.6 Å². The maximum atomic E-state index is 14.0. The normalized spacial score (nSPS) is 13.0. The van der Waals surface area contributed by atoms with Gasteiger partial charge in [-0.15, -0.1) is 0 Å². The highest BCUT2D eigenvalue weighted by Crippen LogP contribution is 2.38. The Morgan fingerprint density at radius 1 is 0.514 bits per heavy atom. The van der Waals surface area contributed by atoms with Crippen LogP contribution in [0.25, 0.3) is 11.1 Å². The molecule has 0 saturated carbocycles. The summed E-state index contributed by atoms with van der Waals surface area (Å²) in [6.07, 6.45) is 0. The molecule has 0 aliphatic rings. The molecule has 0 spiro atoms. The molecule has 6 rings (SSSR count). The molecule has 0 saturated heterocycles. The van der Waals surface area contributed by atoms with Crippen LogP contribution in [-0.2, 0) is 49.1 Å². The van der Waals surface area contributed by atoms with E-state index in [1.807, 2.05) is 50.2 Å². The highest BCUT2D eigenvalue weighted by molar-refractivity contribution is 6.32. The summed E-state index contributed by atoms with van der Waals surface area (Å²) in [5, 5.41) is 44.8. The topological polar surface area (TPSA) is 176 Å². The molecule has 6 aromatic rings. The molecule has 0 aliphatic carbocycles. The van der Waals surface area contributed by atoms with Crippen molar-refractivity contribution in [3.05, 3.63) is 175 Å². The fourth-order valence-electron chi connectivity index (χ4n) is 7.18. The van der Waals surface area contributed by atoms with Gasteiger partial charge >= 0.3 is 11.9 Å². The van der Waals surface area contributed by atoms with Crippen LogP contribution in [0.2, 0.25) is 10.0 Å². The maximum absolute atomic E-state index is 14.0. The Bertz CT molecular complexity index is 2660. The summed E-state index contributed by atoms with van der Waals surface area (Å²) in [4.78, 5) is 23.7. The Morgan fingerprint density at radius 3 is 1.19 bits per heavy atom. The van der Waals surface area contributed by atoms with E-state index in [1.165, 1.54) is 38.1 Å². The van der Waals surface area contributed by atoms with Crippen LogP contribution in [0.1, 0.15) is 58.4 Å². The fraction of sp³-hybridized carbons (Fsp3) is 0.269. The van der Waals surface area contributed by atoms with Crippen molar-refractivity contribution < 1.29 is 66.5 Å². The summed E-state index contributed by atoms with van der Waals surface area (Å²) in [6, 6.07) is 23.5. The predicted octanol–water partition coefficient (Wildman–Crippen LogP) is 10.0. The Labute approximate surface area is 411 Å².